The maximum absolute atomic E-state index is 11.9. The van der Waals surface area contributed by atoms with Gasteiger partial charge in [0.15, 0.2) is 0 Å². The van der Waals surface area contributed by atoms with Crippen molar-refractivity contribution in [2.24, 2.45) is 0 Å². The molecule has 0 aromatic carbocycles. The molecule has 8 nitrogen and oxygen atoms in total. The van der Waals surface area contributed by atoms with Gasteiger partial charge < -0.3 is 19.2 Å². The van der Waals surface area contributed by atoms with Crippen molar-refractivity contribution < 1.29 is 37.6 Å². The van der Waals surface area contributed by atoms with Gasteiger partial charge in [0.25, 0.3) is 0 Å². The van der Waals surface area contributed by atoms with E-state index >= 15 is 0 Å². The molecule has 0 bridgehead atoms. The summed E-state index contributed by atoms with van der Waals surface area (Å²) in [4.78, 5) is 21.6. The molecule has 0 amide bonds. The fraction of sp³-hybridized carbons (Fsp3) is 0.917. The first kappa shape index (κ1) is 44.2. The van der Waals surface area contributed by atoms with Crippen molar-refractivity contribution in [2.75, 3.05) is 47.5 Å². The molecule has 0 aliphatic carbocycles. The number of hydrogen-bond donors (Lipinski definition) is 2. The third-order valence-corrected chi connectivity index (χ3v) is 9.01. The minimum Gasteiger partial charge on any atom is -0.463 e. The minimum absolute atomic E-state index is 0.0520. The standard InChI is InChI=1S/C36H72NO7P/c1-5-6-7-8-9-10-11-12-13-14-15-16-17-18-19-20-21-22-23-24-25-26-27-28-29-30-36(39)42-33-35(38)34-44-45(40,41)43-32-31-37(2,3)4/h26-27,35,38H,5-25,28-34H2,1-4H3/p+1/b27-26+/t35-/m1/s1. The smallest absolute Gasteiger partial charge is 0.463 e. The third-order valence-electron chi connectivity index (χ3n) is 8.03. The molecule has 0 aromatic heterocycles. The number of aliphatic hydroxyl groups is 1. The van der Waals surface area contributed by atoms with Crippen molar-refractivity contribution in [2.45, 2.75) is 167 Å². The van der Waals surface area contributed by atoms with Gasteiger partial charge in [0.1, 0.15) is 25.9 Å². The van der Waals surface area contributed by atoms with Crippen molar-refractivity contribution in [3.05, 3.63) is 12.2 Å². The Balaban J connectivity index is 3.43. The lowest BCUT2D eigenvalue weighted by atomic mass is 10.0. The molecule has 0 spiro atoms. The fourth-order valence-corrected chi connectivity index (χ4v) is 5.82. The van der Waals surface area contributed by atoms with Crippen LogP contribution in [0.25, 0.3) is 0 Å². The molecule has 0 fully saturated rings. The van der Waals surface area contributed by atoms with Gasteiger partial charge in [-0.05, 0) is 25.7 Å². The summed E-state index contributed by atoms with van der Waals surface area (Å²) in [6.07, 6.45) is 33.9. The van der Waals surface area contributed by atoms with E-state index in [2.05, 4.69) is 19.1 Å². The zero-order valence-electron chi connectivity index (χ0n) is 29.9. The molecule has 0 aliphatic rings. The van der Waals surface area contributed by atoms with Crippen LogP contribution in [0.5, 0.6) is 0 Å². The lowest BCUT2D eigenvalue weighted by molar-refractivity contribution is -0.870. The van der Waals surface area contributed by atoms with Gasteiger partial charge in [-0.25, -0.2) is 4.57 Å². The van der Waals surface area contributed by atoms with Gasteiger partial charge in [-0.3, -0.25) is 13.8 Å². The maximum atomic E-state index is 11.9. The molecule has 268 valence electrons. The Morgan fingerprint density at radius 3 is 1.53 bits per heavy atom. The number of hydrogen-bond acceptors (Lipinski definition) is 6. The number of phosphoric ester groups is 1. The van der Waals surface area contributed by atoms with E-state index in [1.54, 1.807) is 0 Å². The molecule has 0 heterocycles. The largest absolute Gasteiger partial charge is 0.472 e. The average molecular weight is 663 g/mol. The summed E-state index contributed by atoms with van der Waals surface area (Å²) in [5.41, 5.74) is 0. The normalized spacial score (nSPS) is 14.2. The van der Waals surface area contributed by atoms with Crippen molar-refractivity contribution in [3.8, 4) is 0 Å². The molecule has 0 aliphatic heterocycles. The van der Waals surface area contributed by atoms with Crippen LogP contribution in [0.4, 0.5) is 0 Å². The highest BCUT2D eigenvalue weighted by Gasteiger charge is 2.24. The van der Waals surface area contributed by atoms with Crippen LogP contribution >= 0.6 is 7.82 Å². The number of esters is 1. The fourth-order valence-electron chi connectivity index (χ4n) is 5.07. The molecule has 2 atom stereocenters. The van der Waals surface area contributed by atoms with Crippen LogP contribution in [0.15, 0.2) is 12.2 Å². The van der Waals surface area contributed by atoms with Crippen LogP contribution in [0.2, 0.25) is 0 Å². The van der Waals surface area contributed by atoms with Crippen LogP contribution in [0.3, 0.4) is 0 Å². The number of carbonyl (C=O) groups excluding carboxylic acids is 1. The first-order chi connectivity index (χ1) is 21.6. The van der Waals surface area contributed by atoms with Crippen LogP contribution in [0.1, 0.15) is 161 Å². The number of allylic oxidation sites excluding steroid dienone is 2. The van der Waals surface area contributed by atoms with Gasteiger partial charge in [-0.15, -0.1) is 0 Å². The molecule has 2 N–H and O–H groups in total. The molecular weight excluding hydrogens is 589 g/mol. The van der Waals surface area contributed by atoms with E-state index in [1.807, 2.05) is 21.1 Å². The average Bonchev–Trinajstić information content (AvgIpc) is 2.98. The number of ether oxygens (including phenoxy) is 1. The van der Waals surface area contributed by atoms with Gasteiger partial charge in [-0.1, -0.05) is 141 Å². The van der Waals surface area contributed by atoms with Crippen LogP contribution in [0, 0.1) is 0 Å². The zero-order chi connectivity index (χ0) is 33.5. The topological polar surface area (TPSA) is 102 Å². The van der Waals surface area contributed by atoms with Crippen molar-refractivity contribution >= 4 is 13.8 Å². The Morgan fingerprint density at radius 2 is 1.09 bits per heavy atom. The highest BCUT2D eigenvalue weighted by molar-refractivity contribution is 7.47. The quantitative estimate of drug-likeness (QED) is 0.0233. The number of quaternary nitrogens is 1. The summed E-state index contributed by atoms with van der Waals surface area (Å²) in [7, 11) is 1.55. The second-order valence-electron chi connectivity index (χ2n) is 13.8. The first-order valence-electron chi connectivity index (χ1n) is 18.5. The number of likely N-dealkylation sites (N-methyl/N-ethyl adjacent to an activating group) is 1. The molecule has 9 heteroatoms. The van der Waals surface area contributed by atoms with Gasteiger partial charge in [-0.2, -0.15) is 0 Å². The summed E-state index contributed by atoms with van der Waals surface area (Å²) >= 11 is 0. The lowest BCUT2D eigenvalue weighted by Crippen LogP contribution is -2.37. The summed E-state index contributed by atoms with van der Waals surface area (Å²) in [6.45, 7) is 2.13. The first-order valence-corrected chi connectivity index (χ1v) is 20.0. The molecule has 0 rings (SSSR count). The van der Waals surface area contributed by atoms with Crippen LogP contribution < -0.4 is 0 Å². The Kier molecular flexibility index (Phi) is 30.0. The SMILES string of the molecule is CCCCCCCCCCCCCCCCCCCCCC/C=C/CCCC(=O)OC[C@@H](O)COP(=O)(O)OCC[N+](C)(C)C. The van der Waals surface area contributed by atoms with E-state index in [9.17, 15) is 19.4 Å². The maximum Gasteiger partial charge on any atom is 0.472 e. The summed E-state index contributed by atoms with van der Waals surface area (Å²) in [6, 6.07) is 0. The number of rotatable bonds is 34. The van der Waals surface area contributed by atoms with E-state index in [0.29, 0.717) is 17.4 Å². The number of unbranched alkanes of at least 4 members (excludes halogenated alkanes) is 21. The second kappa shape index (κ2) is 30.6. The van der Waals surface area contributed by atoms with E-state index in [1.165, 1.54) is 128 Å². The number of carbonyl (C=O) groups is 1. The summed E-state index contributed by atoms with van der Waals surface area (Å²) < 4.78 is 27.1. The minimum atomic E-state index is -4.25. The number of phosphoric acid groups is 1. The summed E-state index contributed by atoms with van der Waals surface area (Å²) in [5.74, 6) is -0.400. The molecular formula is C36H73NO7P+. The van der Waals surface area contributed by atoms with Gasteiger partial charge in [0.05, 0.1) is 27.7 Å². The van der Waals surface area contributed by atoms with E-state index in [4.69, 9.17) is 13.8 Å². The highest BCUT2D eigenvalue weighted by Crippen LogP contribution is 2.43. The molecule has 1 unspecified atom stereocenters. The monoisotopic (exact) mass is 663 g/mol. The van der Waals surface area contributed by atoms with Crippen LogP contribution in [-0.2, 0) is 23.1 Å². The Hall–Kier alpha value is -0.760. The second-order valence-corrected chi connectivity index (χ2v) is 15.3. The molecule has 0 saturated carbocycles. The van der Waals surface area contributed by atoms with Gasteiger partial charge >= 0.3 is 13.8 Å². The lowest BCUT2D eigenvalue weighted by Gasteiger charge is -2.24. The highest BCUT2D eigenvalue weighted by atomic mass is 31.2. The Morgan fingerprint density at radius 1 is 0.667 bits per heavy atom. The predicted molar refractivity (Wildman–Crippen MR) is 187 cm³/mol. The number of aliphatic hydroxyl groups excluding tert-OH is 1. The van der Waals surface area contributed by atoms with Gasteiger partial charge in [0, 0.05) is 6.42 Å². The predicted octanol–water partition coefficient (Wildman–Crippen LogP) is 9.67. The van der Waals surface area contributed by atoms with Crippen molar-refractivity contribution in [3.63, 3.8) is 0 Å². The molecule has 0 radical (unpaired) electrons. The Labute approximate surface area is 277 Å². The van der Waals surface area contributed by atoms with Crippen molar-refractivity contribution in [1.29, 1.82) is 0 Å². The van der Waals surface area contributed by atoms with E-state index in [0.717, 1.165) is 12.8 Å². The third kappa shape index (κ3) is 35.9. The van der Waals surface area contributed by atoms with E-state index in [-0.39, 0.29) is 19.6 Å². The zero-order valence-corrected chi connectivity index (χ0v) is 30.8. The summed E-state index contributed by atoms with van der Waals surface area (Å²) in [5, 5.41) is 9.88. The number of nitrogens with zero attached hydrogens (tertiary/aromatic N) is 1. The Bertz CT molecular complexity index is 741. The van der Waals surface area contributed by atoms with Crippen LogP contribution in [-0.4, -0.2) is 74.1 Å². The molecule has 45 heavy (non-hydrogen) atoms. The van der Waals surface area contributed by atoms with Gasteiger partial charge in [0.2, 0.25) is 0 Å². The van der Waals surface area contributed by atoms with E-state index < -0.39 is 26.5 Å². The molecule has 0 aromatic rings. The van der Waals surface area contributed by atoms with Crippen molar-refractivity contribution in [1.82, 2.24) is 0 Å². The molecule has 0 saturated heterocycles.